The fourth-order valence-electron chi connectivity index (χ4n) is 4.49. The minimum atomic E-state index is -0.942. The van der Waals surface area contributed by atoms with Gasteiger partial charge in [-0.05, 0) is 43.2 Å². The van der Waals surface area contributed by atoms with Gasteiger partial charge in [0.1, 0.15) is 6.54 Å². The van der Waals surface area contributed by atoms with Crippen molar-refractivity contribution in [2.45, 2.75) is 51.7 Å². The van der Waals surface area contributed by atoms with Gasteiger partial charge in [-0.1, -0.05) is 12.8 Å². The summed E-state index contributed by atoms with van der Waals surface area (Å²) < 4.78 is 5.27. The molecule has 7 nitrogen and oxygen atoms in total. The van der Waals surface area contributed by atoms with Crippen molar-refractivity contribution in [1.82, 2.24) is 9.80 Å². The van der Waals surface area contributed by atoms with Crippen LogP contribution in [0.1, 0.15) is 43.0 Å². The smallest absolute Gasteiger partial charge is 0.326 e. The topological polar surface area (TPSA) is 84.0 Å². The first kappa shape index (κ1) is 19.1. The highest BCUT2D eigenvalue weighted by atomic mass is 32.1. The number of esters is 1. The molecule has 3 heterocycles. The fourth-order valence-corrected chi connectivity index (χ4v) is 5.38. The van der Waals surface area contributed by atoms with E-state index in [0.717, 1.165) is 29.7 Å². The van der Waals surface area contributed by atoms with Crippen molar-refractivity contribution < 1.29 is 23.9 Å². The van der Waals surface area contributed by atoms with E-state index in [1.807, 2.05) is 11.4 Å². The van der Waals surface area contributed by atoms with Gasteiger partial charge in [0.15, 0.2) is 6.10 Å². The van der Waals surface area contributed by atoms with Crippen molar-refractivity contribution in [3.05, 3.63) is 21.9 Å². The first-order valence-corrected chi connectivity index (χ1v) is 10.7. The van der Waals surface area contributed by atoms with Crippen LogP contribution in [0.25, 0.3) is 0 Å². The van der Waals surface area contributed by atoms with Crippen LogP contribution in [0.5, 0.6) is 0 Å². The molecule has 3 unspecified atom stereocenters. The minimum Gasteiger partial charge on any atom is -0.451 e. The van der Waals surface area contributed by atoms with E-state index in [1.165, 1.54) is 11.8 Å². The minimum absolute atomic E-state index is 0.252. The van der Waals surface area contributed by atoms with Crippen molar-refractivity contribution in [2.24, 2.45) is 11.8 Å². The van der Waals surface area contributed by atoms with Gasteiger partial charge < -0.3 is 9.64 Å². The summed E-state index contributed by atoms with van der Waals surface area (Å²) in [6.45, 7) is 2.25. The van der Waals surface area contributed by atoms with Crippen molar-refractivity contribution in [3.8, 4) is 0 Å². The van der Waals surface area contributed by atoms with E-state index in [0.29, 0.717) is 25.9 Å². The van der Waals surface area contributed by atoms with Crippen LogP contribution in [-0.4, -0.2) is 52.7 Å². The standard InChI is InChI=1S/C20H24N2O5S/c1-12(18(24)21-8-6-16-13(10-21)7-9-28-16)27-17(23)11-22-19(25)14-4-2-3-5-15(14)20(22)26/h7,9,12,14-15H,2-6,8,10-11H2,1H3. The van der Waals surface area contributed by atoms with Crippen molar-refractivity contribution in [2.75, 3.05) is 13.1 Å². The number of likely N-dealkylation sites (tertiary alicyclic amines) is 1. The molecule has 2 fully saturated rings. The summed E-state index contributed by atoms with van der Waals surface area (Å²) in [6.07, 6.45) is 3.14. The number of carbonyl (C=O) groups is 4. The molecule has 1 saturated carbocycles. The summed E-state index contributed by atoms with van der Waals surface area (Å²) in [6, 6.07) is 2.01. The van der Waals surface area contributed by atoms with Gasteiger partial charge in [0, 0.05) is 18.0 Å². The molecule has 2 aliphatic heterocycles. The van der Waals surface area contributed by atoms with E-state index < -0.39 is 18.6 Å². The van der Waals surface area contributed by atoms with Crippen molar-refractivity contribution >= 4 is 35.0 Å². The maximum Gasteiger partial charge on any atom is 0.326 e. The molecule has 8 heteroatoms. The van der Waals surface area contributed by atoms with Crippen LogP contribution < -0.4 is 0 Å². The van der Waals surface area contributed by atoms with Gasteiger partial charge in [-0.15, -0.1) is 11.3 Å². The Morgan fingerprint density at radius 3 is 2.57 bits per heavy atom. The van der Waals surface area contributed by atoms with Gasteiger partial charge in [-0.25, -0.2) is 0 Å². The zero-order valence-corrected chi connectivity index (χ0v) is 16.7. The zero-order valence-electron chi connectivity index (χ0n) is 15.9. The van der Waals surface area contributed by atoms with Gasteiger partial charge in [-0.3, -0.25) is 24.1 Å². The average Bonchev–Trinajstić information content (AvgIpc) is 3.26. The Morgan fingerprint density at radius 2 is 1.89 bits per heavy atom. The second-order valence-corrected chi connectivity index (χ2v) is 8.77. The Kier molecular flexibility index (Phi) is 5.23. The van der Waals surface area contributed by atoms with Gasteiger partial charge >= 0.3 is 5.97 Å². The Balaban J connectivity index is 1.33. The monoisotopic (exact) mass is 404 g/mol. The van der Waals surface area contributed by atoms with E-state index in [1.54, 1.807) is 16.2 Å². The van der Waals surface area contributed by atoms with E-state index in [4.69, 9.17) is 4.74 Å². The number of imide groups is 1. The number of hydrogen-bond donors (Lipinski definition) is 0. The van der Waals surface area contributed by atoms with Crippen LogP contribution in [0.2, 0.25) is 0 Å². The molecular weight excluding hydrogens is 380 g/mol. The normalized spacial score (nSPS) is 25.3. The van der Waals surface area contributed by atoms with E-state index in [9.17, 15) is 19.2 Å². The summed E-state index contributed by atoms with van der Waals surface area (Å²) in [5, 5.41) is 2.02. The number of hydrogen-bond acceptors (Lipinski definition) is 6. The third kappa shape index (κ3) is 3.45. The highest BCUT2D eigenvalue weighted by Crippen LogP contribution is 2.37. The lowest BCUT2D eigenvalue weighted by molar-refractivity contribution is -0.162. The largest absolute Gasteiger partial charge is 0.451 e. The summed E-state index contributed by atoms with van der Waals surface area (Å²) >= 11 is 1.69. The predicted molar refractivity (Wildman–Crippen MR) is 101 cm³/mol. The average molecular weight is 404 g/mol. The molecule has 150 valence electrons. The van der Waals surface area contributed by atoms with Crippen molar-refractivity contribution in [1.29, 1.82) is 0 Å². The van der Waals surface area contributed by atoms with Gasteiger partial charge in [0.2, 0.25) is 11.8 Å². The van der Waals surface area contributed by atoms with Crippen molar-refractivity contribution in [3.63, 3.8) is 0 Å². The molecule has 0 spiro atoms. The second-order valence-electron chi connectivity index (χ2n) is 7.77. The lowest BCUT2D eigenvalue weighted by atomic mass is 9.81. The molecule has 3 aliphatic rings. The van der Waals surface area contributed by atoms with Crippen LogP contribution in [0.3, 0.4) is 0 Å². The van der Waals surface area contributed by atoms with E-state index in [2.05, 4.69) is 0 Å². The highest BCUT2D eigenvalue weighted by Gasteiger charge is 2.48. The van der Waals surface area contributed by atoms with Crippen LogP contribution in [-0.2, 0) is 36.9 Å². The number of ether oxygens (including phenoxy) is 1. The third-order valence-electron chi connectivity index (χ3n) is 5.99. The Hall–Kier alpha value is -2.22. The lowest BCUT2D eigenvalue weighted by Crippen LogP contribution is -2.44. The number of amides is 3. The molecule has 1 aliphatic carbocycles. The first-order valence-electron chi connectivity index (χ1n) is 9.84. The quantitative estimate of drug-likeness (QED) is 0.564. The summed E-state index contributed by atoms with van der Waals surface area (Å²) in [5.74, 6) is -2.09. The number of carbonyl (C=O) groups excluding carboxylic acids is 4. The lowest BCUT2D eigenvalue weighted by Gasteiger charge is -2.29. The molecule has 1 saturated heterocycles. The molecule has 3 atom stereocenters. The maximum atomic E-state index is 12.6. The van der Waals surface area contributed by atoms with Gasteiger partial charge in [0.25, 0.3) is 5.91 Å². The predicted octanol–water partition coefficient (Wildman–Crippen LogP) is 1.74. The molecule has 1 aromatic heterocycles. The number of rotatable bonds is 4. The van der Waals surface area contributed by atoms with E-state index >= 15 is 0 Å². The highest BCUT2D eigenvalue weighted by molar-refractivity contribution is 7.10. The third-order valence-corrected chi connectivity index (χ3v) is 7.02. The fraction of sp³-hybridized carbons (Fsp3) is 0.600. The summed E-state index contributed by atoms with van der Waals surface area (Å²) in [5.41, 5.74) is 1.14. The Morgan fingerprint density at radius 1 is 1.21 bits per heavy atom. The molecular formula is C20H24N2O5S. The van der Waals surface area contributed by atoms with Crippen LogP contribution in [0.4, 0.5) is 0 Å². The number of fused-ring (bicyclic) bond motifs is 2. The summed E-state index contributed by atoms with van der Waals surface area (Å²) in [7, 11) is 0. The van der Waals surface area contributed by atoms with Gasteiger partial charge in [0.05, 0.1) is 11.8 Å². The molecule has 0 N–H and O–H groups in total. The molecule has 0 aromatic carbocycles. The SMILES string of the molecule is CC(OC(=O)CN1C(=O)C2CCCCC2C1=O)C(=O)N1CCc2sccc2C1. The number of nitrogens with zero attached hydrogens (tertiary/aromatic N) is 2. The number of thiophene rings is 1. The Bertz CT molecular complexity index is 795. The van der Waals surface area contributed by atoms with Crippen LogP contribution in [0, 0.1) is 11.8 Å². The molecule has 0 bridgehead atoms. The molecule has 3 amide bonds. The molecule has 28 heavy (non-hydrogen) atoms. The zero-order chi connectivity index (χ0) is 19.8. The molecule has 0 radical (unpaired) electrons. The Labute approximate surface area is 167 Å². The van der Waals surface area contributed by atoms with Gasteiger partial charge in [-0.2, -0.15) is 0 Å². The first-order chi connectivity index (χ1) is 13.5. The summed E-state index contributed by atoms with van der Waals surface area (Å²) in [4.78, 5) is 53.9. The maximum absolute atomic E-state index is 12.6. The van der Waals surface area contributed by atoms with E-state index in [-0.39, 0.29) is 29.6 Å². The van der Waals surface area contributed by atoms with Crippen LogP contribution in [0.15, 0.2) is 11.4 Å². The van der Waals surface area contributed by atoms with Crippen LogP contribution >= 0.6 is 11.3 Å². The molecule has 1 aromatic rings. The second kappa shape index (κ2) is 7.66. The molecule has 4 rings (SSSR count).